The first-order chi connectivity index (χ1) is 17.8. The predicted octanol–water partition coefficient (Wildman–Crippen LogP) is 6.54. The van der Waals surface area contributed by atoms with Crippen molar-refractivity contribution in [3.05, 3.63) is 80.5 Å². The number of hydrogen-bond donors (Lipinski definition) is 2. The molecule has 190 valence electrons. The number of furan rings is 1. The first-order valence-corrected chi connectivity index (χ1v) is 13.5. The van der Waals surface area contributed by atoms with Crippen LogP contribution in [0.1, 0.15) is 20.2 Å². The first kappa shape index (κ1) is 25.8. The maximum Gasteiger partial charge on any atom is 0.289 e. The van der Waals surface area contributed by atoms with Crippen molar-refractivity contribution in [1.29, 1.82) is 0 Å². The van der Waals surface area contributed by atoms with Gasteiger partial charge in [0.25, 0.3) is 11.8 Å². The zero-order chi connectivity index (χ0) is 26.1. The summed E-state index contributed by atoms with van der Waals surface area (Å²) in [5, 5.41) is 7.97. The van der Waals surface area contributed by atoms with E-state index in [9.17, 15) is 9.59 Å². The highest BCUT2D eigenvalue weighted by Gasteiger charge is 2.25. The van der Waals surface area contributed by atoms with E-state index < -0.39 is 5.91 Å². The zero-order valence-corrected chi connectivity index (χ0v) is 23.0. The summed E-state index contributed by atoms with van der Waals surface area (Å²) in [6.07, 6.45) is 1.49. The first-order valence-electron chi connectivity index (χ1n) is 11.2. The van der Waals surface area contributed by atoms with Crippen molar-refractivity contribution >= 4 is 96.7 Å². The van der Waals surface area contributed by atoms with Crippen molar-refractivity contribution in [2.75, 3.05) is 36.4 Å². The molecule has 5 rings (SSSR count). The Bertz CT molecular complexity index is 1500. The molecule has 0 radical (unpaired) electrons. The number of hydrogen-bond acceptors (Lipinski definition) is 6. The van der Waals surface area contributed by atoms with Gasteiger partial charge in [-0.2, -0.15) is 0 Å². The monoisotopic (exact) mass is 592 g/mol. The van der Waals surface area contributed by atoms with E-state index in [4.69, 9.17) is 51.4 Å². The van der Waals surface area contributed by atoms with Gasteiger partial charge in [-0.25, -0.2) is 0 Å². The number of amides is 2. The molecule has 1 saturated heterocycles. The van der Waals surface area contributed by atoms with Crippen molar-refractivity contribution < 1.29 is 14.0 Å². The molecule has 4 aromatic rings. The summed E-state index contributed by atoms with van der Waals surface area (Å²) in [7, 11) is 0. The number of benzene rings is 2. The number of carbonyl (C=O) groups is 2. The minimum Gasteiger partial charge on any atom is -0.459 e. The van der Waals surface area contributed by atoms with Crippen LogP contribution in [0, 0.1) is 0 Å². The van der Waals surface area contributed by atoms with Gasteiger partial charge in [-0.3, -0.25) is 14.9 Å². The van der Waals surface area contributed by atoms with E-state index in [1.54, 1.807) is 41.3 Å². The Morgan fingerprint density at radius 2 is 1.78 bits per heavy atom. The molecule has 37 heavy (non-hydrogen) atoms. The lowest BCUT2D eigenvalue weighted by Crippen LogP contribution is -2.48. The second-order valence-corrected chi connectivity index (χ2v) is 10.9. The van der Waals surface area contributed by atoms with Crippen LogP contribution in [0.2, 0.25) is 15.1 Å². The molecule has 12 heteroatoms. The highest BCUT2D eigenvalue weighted by Crippen LogP contribution is 2.36. The van der Waals surface area contributed by atoms with Crippen LogP contribution in [0.25, 0.3) is 10.1 Å². The number of rotatable bonds is 4. The number of thiophene rings is 1. The molecule has 0 atom stereocenters. The van der Waals surface area contributed by atoms with Gasteiger partial charge in [-0.15, -0.1) is 11.3 Å². The van der Waals surface area contributed by atoms with Crippen molar-refractivity contribution in [3.63, 3.8) is 0 Å². The summed E-state index contributed by atoms with van der Waals surface area (Å²) in [6, 6.07) is 14.1. The molecule has 2 aromatic heterocycles. The van der Waals surface area contributed by atoms with Gasteiger partial charge in [0, 0.05) is 47.0 Å². The molecule has 2 amide bonds. The smallest absolute Gasteiger partial charge is 0.289 e. The summed E-state index contributed by atoms with van der Waals surface area (Å²) < 4.78 is 6.03. The minimum absolute atomic E-state index is 0.116. The van der Waals surface area contributed by atoms with E-state index >= 15 is 0 Å². The molecular formula is C25H19Cl3N4O3S2. The maximum atomic E-state index is 12.8. The molecule has 3 heterocycles. The summed E-state index contributed by atoms with van der Waals surface area (Å²) in [6.45, 7) is 2.38. The molecule has 0 saturated carbocycles. The van der Waals surface area contributed by atoms with Crippen LogP contribution in [0.15, 0.2) is 59.2 Å². The van der Waals surface area contributed by atoms with E-state index in [0.717, 1.165) is 15.8 Å². The largest absolute Gasteiger partial charge is 0.459 e. The molecule has 0 unspecified atom stereocenters. The molecule has 0 bridgehead atoms. The molecular weight excluding hydrogens is 575 g/mol. The third-order valence-electron chi connectivity index (χ3n) is 5.87. The Morgan fingerprint density at radius 3 is 2.49 bits per heavy atom. The SMILES string of the molecule is O=C(NC(=S)Nc1ccc(N2CCN(C(=O)c3ccco3)CC2)c(Cl)c1)c1sc2cc(Cl)ccc2c1Cl. The van der Waals surface area contributed by atoms with Crippen molar-refractivity contribution in [3.8, 4) is 0 Å². The van der Waals surface area contributed by atoms with Crippen LogP contribution in [0.4, 0.5) is 11.4 Å². The number of fused-ring (bicyclic) bond motifs is 1. The zero-order valence-electron chi connectivity index (χ0n) is 19.1. The van der Waals surface area contributed by atoms with Crippen LogP contribution in [0.3, 0.4) is 0 Å². The van der Waals surface area contributed by atoms with Gasteiger partial charge in [0.1, 0.15) is 4.88 Å². The van der Waals surface area contributed by atoms with E-state index in [0.29, 0.717) is 57.6 Å². The normalized spacial score (nSPS) is 13.6. The minimum atomic E-state index is -0.412. The Morgan fingerprint density at radius 1 is 1.00 bits per heavy atom. The third-order valence-corrected chi connectivity index (χ3v) is 8.27. The molecule has 2 N–H and O–H groups in total. The Hall–Kier alpha value is -2.82. The Balaban J connectivity index is 1.19. The van der Waals surface area contributed by atoms with E-state index in [1.807, 2.05) is 12.1 Å². The average Bonchev–Trinajstić information content (AvgIpc) is 3.52. The van der Waals surface area contributed by atoms with Gasteiger partial charge in [-0.05, 0) is 54.7 Å². The molecule has 0 spiro atoms. The summed E-state index contributed by atoms with van der Waals surface area (Å²) in [5.41, 5.74) is 1.47. The maximum absolute atomic E-state index is 12.8. The van der Waals surface area contributed by atoms with Crippen molar-refractivity contribution in [2.45, 2.75) is 0 Å². The summed E-state index contributed by atoms with van der Waals surface area (Å²) in [5.74, 6) is -0.194. The van der Waals surface area contributed by atoms with Crippen LogP contribution in [-0.4, -0.2) is 48.0 Å². The highest BCUT2D eigenvalue weighted by atomic mass is 35.5. The number of nitrogens with one attached hydrogen (secondary N) is 2. The van der Waals surface area contributed by atoms with E-state index in [2.05, 4.69) is 15.5 Å². The van der Waals surface area contributed by atoms with Gasteiger partial charge in [0.2, 0.25) is 0 Å². The van der Waals surface area contributed by atoms with Gasteiger partial charge in [-0.1, -0.05) is 40.9 Å². The summed E-state index contributed by atoms with van der Waals surface area (Å²) in [4.78, 5) is 29.5. The van der Waals surface area contributed by atoms with Crippen LogP contribution in [0.5, 0.6) is 0 Å². The molecule has 1 fully saturated rings. The molecule has 0 aliphatic carbocycles. The number of carbonyl (C=O) groups excluding carboxylic acids is 2. The van der Waals surface area contributed by atoms with Crippen LogP contribution < -0.4 is 15.5 Å². The lowest BCUT2D eigenvalue weighted by atomic mass is 10.2. The lowest BCUT2D eigenvalue weighted by molar-refractivity contribution is 0.0714. The lowest BCUT2D eigenvalue weighted by Gasteiger charge is -2.36. The fourth-order valence-electron chi connectivity index (χ4n) is 4.05. The quantitative estimate of drug-likeness (QED) is 0.262. The Kier molecular flexibility index (Phi) is 7.60. The second-order valence-electron chi connectivity index (χ2n) is 8.22. The topological polar surface area (TPSA) is 77.8 Å². The second kappa shape index (κ2) is 10.9. The van der Waals surface area contributed by atoms with Gasteiger partial charge < -0.3 is 19.5 Å². The molecule has 1 aliphatic rings. The highest BCUT2D eigenvalue weighted by molar-refractivity contribution is 7.80. The van der Waals surface area contributed by atoms with Crippen LogP contribution >= 0.6 is 58.4 Å². The van der Waals surface area contributed by atoms with Crippen molar-refractivity contribution in [1.82, 2.24) is 10.2 Å². The van der Waals surface area contributed by atoms with E-state index in [-0.39, 0.29) is 11.0 Å². The number of thiocarbonyl (C=S) groups is 1. The van der Waals surface area contributed by atoms with Crippen LogP contribution in [-0.2, 0) is 0 Å². The average molecular weight is 594 g/mol. The fourth-order valence-corrected chi connectivity index (χ4v) is 6.25. The van der Waals surface area contributed by atoms with Gasteiger partial charge in [0.05, 0.1) is 22.0 Å². The Labute approximate surface area is 236 Å². The van der Waals surface area contributed by atoms with Crippen molar-refractivity contribution in [2.24, 2.45) is 0 Å². The number of halogens is 3. The molecule has 2 aromatic carbocycles. The number of nitrogens with zero attached hydrogens (tertiary/aromatic N) is 2. The van der Waals surface area contributed by atoms with Gasteiger partial charge >= 0.3 is 0 Å². The van der Waals surface area contributed by atoms with E-state index in [1.165, 1.54) is 17.6 Å². The third kappa shape index (κ3) is 5.56. The molecule has 1 aliphatic heterocycles. The number of piperazine rings is 1. The standard InChI is InChI=1S/C25H19Cl3N4O3S2/c26-14-3-5-16-20(12-14)37-22(21(16)28)23(33)30-25(36)29-15-4-6-18(17(27)13-15)31-7-9-32(10-8-31)24(34)19-2-1-11-35-19/h1-6,11-13H,7-10H2,(H2,29,30,33,36). The predicted molar refractivity (Wildman–Crippen MR) is 154 cm³/mol. The summed E-state index contributed by atoms with van der Waals surface area (Å²) >= 11 is 25.6. The fraction of sp³-hybridized carbons (Fsp3) is 0.160. The molecule has 7 nitrogen and oxygen atoms in total. The van der Waals surface area contributed by atoms with Gasteiger partial charge in [0.15, 0.2) is 10.9 Å². The number of anilines is 2.